The predicted octanol–water partition coefficient (Wildman–Crippen LogP) is 15.7. The minimum atomic E-state index is -1.57. The molecule has 0 aromatic heterocycles. The fraction of sp³-hybridized carbons (Fsp3) is 0.857. The van der Waals surface area contributed by atoms with Crippen LogP contribution >= 0.6 is 0 Å². The van der Waals surface area contributed by atoms with E-state index >= 15 is 0 Å². The average molecular weight is 1020 g/mol. The molecule has 1 heterocycles. The molecule has 422 valence electrons. The van der Waals surface area contributed by atoms with Crippen molar-refractivity contribution >= 4 is 5.91 Å². The van der Waals surface area contributed by atoms with E-state index in [1.165, 1.54) is 218 Å². The van der Waals surface area contributed by atoms with E-state index in [2.05, 4.69) is 55.6 Å². The number of hydrogen-bond donors (Lipinski definition) is 6. The molecule has 9 nitrogen and oxygen atoms in total. The molecule has 1 aliphatic rings. The average Bonchev–Trinajstić information content (AvgIpc) is 3.38. The van der Waals surface area contributed by atoms with E-state index in [4.69, 9.17) is 9.47 Å². The van der Waals surface area contributed by atoms with Gasteiger partial charge in [0.15, 0.2) is 6.29 Å². The first-order valence-electron chi connectivity index (χ1n) is 30.9. The van der Waals surface area contributed by atoms with Crippen molar-refractivity contribution in [2.24, 2.45) is 0 Å². The fourth-order valence-corrected chi connectivity index (χ4v) is 9.73. The quantitative estimate of drug-likeness (QED) is 0.0261. The Labute approximate surface area is 444 Å². The van der Waals surface area contributed by atoms with Crippen LogP contribution in [0.2, 0.25) is 0 Å². The third-order valence-electron chi connectivity index (χ3n) is 14.6. The Morgan fingerprint density at radius 1 is 0.472 bits per heavy atom. The topological polar surface area (TPSA) is 149 Å². The molecule has 72 heavy (non-hydrogen) atoms. The third kappa shape index (κ3) is 41.4. The highest BCUT2D eigenvalue weighted by Gasteiger charge is 2.44. The maximum absolute atomic E-state index is 13.1. The van der Waals surface area contributed by atoms with Crippen molar-refractivity contribution in [1.82, 2.24) is 5.32 Å². The van der Waals surface area contributed by atoms with Crippen molar-refractivity contribution in [2.75, 3.05) is 13.2 Å². The number of carbonyl (C=O) groups excluding carboxylic acids is 1. The molecule has 0 aromatic rings. The van der Waals surface area contributed by atoms with E-state index in [0.29, 0.717) is 6.42 Å². The Bertz CT molecular complexity index is 1270. The Hall–Kier alpha value is -1.85. The molecule has 7 unspecified atom stereocenters. The molecular formula is C63H117NO8. The van der Waals surface area contributed by atoms with Gasteiger partial charge in [-0.1, -0.05) is 268 Å². The highest BCUT2D eigenvalue weighted by atomic mass is 16.7. The Balaban J connectivity index is 2.22. The molecule has 0 saturated carbocycles. The lowest BCUT2D eigenvalue weighted by Gasteiger charge is -2.40. The molecule has 0 aliphatic carbocycles. The maximum atomic E-state index is 13.1. The fourth-order valence-electron chi connectivity index (χ4n) is 9.73. The highest BCUT2D eigenvalue weighted by molar-refractivity contribution is 5.76. The maximum Gasteiger partial charge on any atom is 0.220 e. The number of hydrogen-bond acceptors (Lipinski definition) is 8. The minimum absolute atomic E-state index is 0.189. The van der Waals surface area contributed by atoms with Crippen LogP contribution in [0.4, 0.5) is 0 Å². The van der Waals surface area contributed by atoms with Gasteiger partial charge in [-0.3, -0.25) is 4.79 Å². The molecule has 0 spiro atoms. The van der Waals surface area contributed by atoms with Crippen LogP contribution in [0.15, 0.2) is 48.6 Å². The lowest BCUT2D eigenvalue weighted by molar-refractivity contribution is -0.302. The van der Waals surface area contributed by atoms with Crippen molar-refractivity contribution < 1.29 is 39.8 Å². The molecule has 7 atom stereocenters. The molecule has 6 N–H and O–H groups in total. The second-order valence-corrected chi connectivity index (χ2v) is 21.5. The number of amides is 1. The SMILES string of the molecule is CCCCCCC/C=C\C/C=C\CCCCCCCCCCCC(=O)NC(COC1OC(CO)C(O)C(O)C1O)C(O)/C=C/CC/C=C/CCCCCCCCCCCCCCCCCCCCCCCC. The van der Waals surface area contributed by atoms with Gasteiger partial charge >= 0.3 is 0 Å². The second-order valence-electron chi connectivity index (χ2n) is 21.5. The minimum Gasteiger partial charge on any atom is -0.394 e. The largest absolute Gasteiger partial charge is 0.394 e. The molecule has 9 heteroatoms. The Morgan fingerprint density at radius 2 is 0.833 bits per heavy atom. The third-order valence-corrected chi connectivity index (χ3v) is 14.6. The van der Waals surface area contributed by atoms with E-state index in [1.807, 2.05) is 6.08 Å². The first-order chi connectivity index (χ1) is 35.3. The Morgan fingerprint density at radius 3 is 1.25 bits per heavy atom. The second kappa shape index (κ2) is 52.6. The van der Waals surface area contributed by atoms with Crippen molar-refractivity contribution in [1.29, 1.82) is 0 Å². The summed E-state index contributed by atoms with van der Waals surface area (Å²) in [5, 5.41) is 54.6. The van der Waals surface area contributed by atoms with Crippen LogP contribution in [0.1, 0.15) is 290 Å². The van der Waals surface area contributed by atoms with Gasteiger partial charge in [-0.25, -0.2) is 0 Å². The van der Waals surface area contributed by atoms with Gasteiger partial charge in [-0.15, -0.1) is 0 Å². The summed E-state index contributed by atoms with van der Waals surface area (Å²) in [7, 11) is 0. The van der Waals surface area contributed by atoms with Gasteiger partial charge < -0.3 is 40.3 Å². The molecule has 1 aliphatic heterocycles. The van der Waals surface area contributed by atoms with Gasteiger partial charge in [0.1, 0.15) is 24.4 Å². The summed E-state index contributed by atoms with van der Waals surface area (Å²) in [6.07, 6.45) is 63.3. The van der Waals surface area contributed by atoms with E-state index in [-0.39, 0.29) is 12.5 Å². The first kappa shape index (κ1) is 68.2. The summed E-state index contributed by atoms with van der Waals surface area (Å²) in [6, 6.07) is -0.826. The van der Waals surface area contributed by atoms with E-state index < -0.39 is 49.5 Å². The molecule has 1 fully saturated rings. The van der Waals surface area contributed by atoms with Crippen LogP contribution in [0.3, 0.4) is 0 Å². The number of allylic oxidation sites excluding steroid dienone is 7. The summed E-state index contributed by atoms with van der Waals surface area (Å²) >= 11 is 0. The molecule has 1 saturated heterocycles. The number of aliphatic hydroxyl groups excluding tert-OH is 5. The summed E-state index contributed by atoms with van der Waals surface area (Å²) < 4.78 is 11.3. The van der Waals surface area contributed by atoms with Crippen LogP contribution in [0.5, 0.6) is 0 Å². The Kier molecular flexibility index (Phi) is 49.8. The first-order valence-corrected chi connectivity index (χ1v) is 30.9. The molecule has 0 radical (unpaired) electrons. The summed E-state index contributed by atoms with van der Waals surface area (Å²) in [5.41, 5.74) is 0. The number of unbranched alkanes of at least 4 members (excludes halogenated alkanes) is 37. The van der Waals surface area contributed by atoms with Gasteiger partial charge in [0.2, 0.25) is 5.91 Å². The van der Waals surface area contributed by atoms with Crippen molar-refractivity contribution in [3.05, 3.63) is 48.6 Å². The van der Waals surface area contributed by atoms with Crippen molar-refractivity contribution in [3.8, 4) is 0 Å². The van der Waals surface area contributed by atoms with Crippen LogP contribution in [-0.2, 0) is 14.3 Å². The van der Waals surface area contributed by atoms with Crippen LogP contribution in [0.25, 0.3) is 0 Å². The summed E-state index contributed by atoms with van der Waals surface area (Å²) in [4.78, 5) is 13.1. The molecule has 1 rings (SSSR count). The van der Waals surface area contributed by atoms with Gasteiger partial charge in [-0.2, -0.15) is 0 Å². The van der Waals surface area contributed by atoms with E-state index in [1.54, 1.807) is 6.08 Å². The van der Waals surface area contributed by atoms with Gasteiger partial charge in [0.25, 0.3) is 0 Å². The van der Waals surface area contributed by atoms with Gasteiger partial charge in [0.05, 0.1) is 25.4 Å². The monoisotopic (exact) mass is 1020 g/mol. The van der Waals surface area contributed by atoms with E-state index in [0.717, 1.165) is 51.4 Å². The van der Waals surface area contributed by atoms with Crippen LogP contribution < -0.4 is 5.32 Å². The standard InChI is InChI=1S/C63H117NO8/c1-3-5-7-9-11-13-15-17-19-21-23-25-26-27-28-29-30-31-33-34-36-38-40-42-44-46-48-50-52-57(66)56(55-71-63-62(70)61(69)60(68)58(54-65)72-63)64-59(67)53-51-49-47-45-43-41-39-37-35-32-24-22-20-18-16-14-12-10-8-6-4-2/h16,18,22,24,42,44,50,52,56-58,60-63,65-66,68-70H,3-15,17,19-21,23,25-41,43,45-49,51,53-55H2,1-2H3,(H,64,67)/b18-16-,24-22-,44-42+,52-50+. The normalized spacial score (nSPS) is 19.5. The number of nitrogens with one attached hydrogen (secondary N) is 1. The van der Waals surface area contributed by atoms with Crippen LogP contribution in [0, 0.1) is 0 Å². The predicted molar refractivity (Wildman–Crippen MR) is 304 cm³/mol. The van der Waals surface area contributed by atoms with Crippen molar-refractivity contribution in [3.63, 3.8) is 0 Å². The number of rotatable bonds is 53. The van der Waals surface area contributed by atoms with Gasteiger partial charge in [0, 0.05) is 6.42 Å². The van der Waals surface area contributed by atoms with Crippen LogP contribution in [-0.4, -0.2) is 87.5 Å². The number of carbonyl (C=O) groups is 1. The zero-order chi connectivity index (χ0) is 52.2. The van der Waals surface area contributed by atoms with E-state index in [9.17, 15) is 30.3 Å². The molecular weight excluding hydrogens is 899 g/mol. The number of ether oxygens (including phenoxy) is 2. The van der Waals surface area contributed by atoms with Crippen molar-refractivity contribution in [2.45, 2.75) is 333 Å². The lowest BCUT2D eigenvalue weighted by atomic mass is 9.99. The summed E-state index contributed by atoms with van der Waals surface area (Å²) in [5.74, 6) is -0.189. The molecule has 1 amide bonds. The molecule has 0 aromatic carbocycles. The summed E-state index contributed by atoms with van der Waals surface area (Å²) in [6.45, 7) is 3.78. The van der Waals surface area contributed by atoms with Gasteiger partial charge in [-0.05, 0) is 64.2 Å². The number of aliphatic hydroxyl groups is 5. The zero-order valence-corrected chi connectivity index (χ0v) is 46.9. The zero-order valence-electron chi connectivity index (χ0n) is 46.9. The lowest BCUT2D eigenvalue weighted by Crippen LogP contribution is -2.60. The molecule has 0 bridgehead atoms. The highest BCUT2D eigenvalue weighted by Crippen LogP contribution is 2.23. The smallest absolute Gasteiger partial charge is 0.220 e.